The van der Waals surface area contributed by atoms with Gasteiger partial charge in [0.15, 0.2) is 28.8 Å². The number of ether oxygens (including phenoxy) is 3. The largest absolute Gasteiger partial charge is 0.504 e. The Bertz CT molecular complexity index is 1780. The number of nitrogens with zero attached hydrogens (tertiary/aromatic N) is 1. The Morgan fingerprint density at radius 3 is 2.67 bits per heavy atom. The first kappa shape index (κ1) is 43.8. The van der Waals surface area contributed by atoms with Gasteiger partial charge in [0.1, 0.15) is 5.60 Å². The predicted octanol–water partition coefficient (Wildman–Crippen LogP) is 5.90. The maximum absolute atomic E-state index is 14.6. The van der Waals surface area contributed by atoms with Crippen molar-refractivity contribution >= 4 is 17.4 Å². The lowest BCUT2D eigenvalue weighted by molar-refractivity contribution is -0.125. The topological polar surface area (TPSA) is 166 Å². The molecule has 0 unspecified atom stereocenters. The lowest BCUT2D eigenvalue weighted by Gasteiger charge is -2.33. The number of carbonyl (C=O) groups is 1. The highest BCUT2D eigenvalue weighted by Gasteiger charge is 2.47. The quantitative estimate of drug-likeness (QED) is 0.0498. The van der Waals surface area contributed by atoms with Crippen LogP contribution in [0.15, 0.2) is 47.5 Å². The number of phenolic OH excluding ortho intramolecular Hbond substituents is 2. The molecule has 1 heterocycles. The SMILES string of the molecule is CN=C1NC#CC[C@@H]2CCC[C@@]2(Cc2ccc(O)c(OC)c2)C(=O)C=C[C@H](C(C)C)Cc2cc(c(O)c(O[C@]3(CNC)CC[C@@H](CCOCNC[C@H](C)O)C3)c2)N1. The third-order valence-electron chi connectivity index (χ3n) is 12.1. The first-order valence-corrected chi connectivity index (χ1v) is 20.6. The fourth-order valence-electron chi connectivity index (χ4n) is 8.91. The van der Waals surface area contributed by atoms with Crippen molar-refractivity contribution in [3.8, 4) is 35.0 Å². The summed E-state index contributed by atoms with van der Waals surface area (Å²) in [5.41, 5.74) is 1.16. The number of allylic oxidation sites excluding steroid dienone is 2. The van der Waals surface area contributed by atoms with E-state index in [1.54, 1.807) is 20.0 Å². The van der Waals surface area contributed by atoms with Crippen LogP contribution in [0, 0.1) is 41.1 Å². The third-order valence-corrected chi connectivity index (χ3v) is 12.1. The summed E-state index contributed by atoms with van der Waals surface area (Å²) >= 11 is 0. The number of ketones is 1. The summed E-state index contributed by atoms with van der Waals surface area (Å²) < 4.78 is 18.1. The summed E-state index contributed by atoms with van der Waals surface area (Å²) in [6, 6.07) is 12.3. The Hall–Kier alpha value is -4.28. The number of aromatic hydroxyl groups is 2. The number of anilines is 1. The van der Waals surface area contributed by atoms with Crippen LogP contribution in [0.5, 0.6) is 23.0 Å². The van der Waals surface area contributed by atoms with Crippen molar-refractivity contribution in [2.24, 2.45) is 34.1 Å². The van der Waals surface area contributed by atoms with Gasteiger partial charge in [-0.15, -0.1) is 0 Å². The number of benzene rings is 2. The summed E-state index contributed by atoms with van der Waals surface area (Å²) in [4.78, 5) is 19.0. The molecule has 0 radical (unpaired) electrons. The van der Waals surface area contributed by atoms with Gasteiger partial charge in [-0.1, -0.05) is 38.3 Å². The van der Waals surface area contributed by atoms with Crippen LogP contribution >= 0.6 is 0 Å². The van der Waals surface area contributed by atoms with E-state index in [1.165, 1.54) is 7.11 Å². The number of aliphatic imine (C=N–C) groups is 1. The molecule has 57 heavy (non-hydrogen) atoms. The number of nitrogens with one attached hydrogen (secondary N) is 4. The molecule has 2 aromatic carbocycles. The van der Waals surface area contributed by atoms with Gasteiger partial charge >= 0.3 is 0 Å². The van der Waals surface area contributed by atoms with E-state index in [0.717, 1.165) is 56.1 Å². The highest BCUT2D eigenvalue weighted by atomic mass is 16.5. The smallest absolute Gasteiger partial charge is 0.207 e. The van der Waals surface area contributed by atoms with Crippen LogP contribution in [0.4, 0.5) is 5.69 Å². The number of phenols is 2. The molecule has 2 aromatic rings. The number of likely N-dealkylation sites (N-methyl/N-ethyl adjacent to an activating group) is 1. The van der Waals surface area contributed by atoms with Crippen LogP contribution in [-0.2, 0) is 22.4 Å². The number of hydrogen-bond donors (Lipinski definition) is 7. The van der Waals surface area contributed by atoms with E-state index in [9.17, 15) is 20.1 Å². The monoisotopic (exact) mass is 787 g/mol. The number of aliphatic hydroxyl groups excluding tert-OH is 1. The highest BCUT2D eigenvalue weighted by molar-refractivity contribution is 5.97. The van der Waals surface area contributed by atoms with Gasteiger partial charge in [0, 0.05) is 44.6 Å². The second-order valence-electron chi connectivity index (χ2n) is 16.7. The Balaban J connectivity index is 1.44. The molecular formula is C45H65N5O7. The molecule has 0 aromatic heterocycles. The molecular weight excluding hydrogens is 723 g/mol. The van der Waals surface area contributed by atoms with Gasteiger partial charge in [-0.05, 0) is 130 Å². The van der Waals surface area contributed by atoms with E-state index in [-0.39, 0.29) is 35.0 Å². The summed E-state index contributed by atoms with van der Waals surface area (Å²) in [5, 5.41) is 44.4. The zero-order valence-corrected chi connectivity index (χ0v) is 34.7. The average molecular weight is 788 g/mol. The number of guanidine groups is 1. The van der Waals surface area contributed by atoms with Crippen LogP contribution < -0.4 is 30.7 Å². The van der Waals surface area contributed by atoms with Crippen molar-refractivity contribution in [1.82, 2.24) is 16.0 Å². The Morgan fingerprint density at radius 1 is 1.11 bits per heavy atom. The lowest BCUT2D eigenvalue weighted by Crippen LogP contribution is -2.42. The fourth-order valence-corrected chi connectivity index (χ4v) is 8.91. The molecule has 12 heteroatoms. The minimum atomic E-state index is -0.652. The Kier molecular flexibility index (Phi) is 15.7. The molecule has 2 saturated carbocycles. The molecule has 2 bridgehead atoms. The normalized spacial score (nSPS) is 26.4. The summed E-state index contributed by atoms with van der Waals surface area (Å²) in [6.07, 6.45) is 11.2. The van der Waals surface area contributed by atoms with Gasteiger partial charge in [0.2, 0.25) is 5.96 Å². The molecule has 0 amide bonds. The van der Waals surface area contributed by atoms with Crippen LogP contribution in [-0.4, -0.2) is 86.4 Å². The molecule has 2 aliphatic carbocycles. The molecule has 12 nitrogen and oxygen atoms in total. The molecule has 6 atom stereocenters. The van der Waals surface area contributed by atoms with Crippen LogP contribution in [0.25, 0.3) is 0 Å². The number of methoxy groups -OCH3 is 1. The summed E-state index contributed by atoms with van der Waals surface area (Å²) in [5.74, 6) is 5.28. The molecule has 2 fully saturated rings. The number of rotatable bonds is 15. The standard InChI is InChI=1S/C45H65N5O7/c1-30(2)35-12-14-41(53)45(26-33-11-13-38(52)39(23-33)55-6)17-7-9-36(45)10-8-19-49-43(47-5)50-37-22-34(21-35)24-40(42(37)54)57-44(28-46-4)18-15-32(25-44)16-20-56-29-48-27-31(3)51/h11-14,22-24,30-32,35-36,46,48,51-52,54H,7,9-10,15-18,20-21,25-29H2,1-6H3,(H2,47,49,50)/t31-,32-,35-,36-,44+,45-/m0/s1. The number of aliphatic hydroxyl groups is 1. The maximum atomic E-state index is 14.6. The molecule has 3 aliphatic rings. The molecule has 7 N–H and O–H groups in total. The van der Waals surface area contributed by atoms with E-state index in [0.29, 0.717) is 74.8 Å². The zero-order chi connectivity index (χ0) is 41.0. The predicted molar refractivity (Wildman–Crippen MR) is 225 cm³/mol. The van der Waals surface area contributed by atoms with E-state index in [1.807, 2.05) is 37.4 Å². The number of fused-ring (bicyclic) bond motifs is 3. The number of carbonyl (C=O) groups excluding carboxylic acids is 1. The van der Waals surface area contributed by atoms with Crippen molar-refractivity contribution in [3.63, 3.8) is 0 Å². The molecule has 1 aliphatic heterocycles. The van der Waals surface area contributed by atoms with E-state index < -0.39 is 17.1 Å². The van der Waals surface area contributed by atoms with Gasteiger partial charge in [-0.3, -0.25) is 20.4 Å². The molecule has 312 valence electrons. The minimum absolute atomic E-state index is 0.00404. The average Bonchev–Trinajstić information content (AvgIpc) is 3.78. The zero-order valence-electron chi connectivity index (χ0n) is 34.7. The minimum Gasteiger partial charge on any atom is -0.504 e. The first-order valence-electron chi connectivity index (χ1n) is 20.6. The number of hydrogen-bond acceptors (Lipinski definition) is 10. The van der Waals surface area contributed by atoms with E-state index >= 15 is 0 Å². The maximum Gasteiger partial charge on any atom is 0.207 e. The van der Waals surface area contributed by atoms with Gasteiger partial charge in [-0.25, -0.2) is 0 Å². The second kappa shape index (κ2) is 20.4. The van der Waals surface area contributed by atoms with Gasteiger partial charge in [0.25, 0.3) is 0 Å². The van der Waals surface area contributed by atoms with Crippen molar-refractivity contribution in [3.05, 3.63) is 53.6 Å². The summed E-state index contributed by atoms with van der Waals surface area (Å²) in [7, 11) is 5.11. The van der Waals surface area contributed by atoms with Crippen LogP contribution in [0.2, 0.25) is 0 Å². The first-order chi connectivity index (χ1) is 27.4. The van der Waals surface area contributed by atoms with Crippen LogP contribution in [0.3, 0.4) is 0 Å². The third kappa shape index (κ3) is 11.4. The van der Waals surface area contributed by atoms with E-state index in [2.05, 4.69) is 58.1 Å². The van der Waals surface area contributed by atoms with Gasteiger partial charge in [0.05, 0.1) is 25.6 Å². The van der Waals surface area contributed by atoms with Crippen molar-refractivity contribution in [2.45, 2.75) is 96.7 Å². The van der Waals surface area contributed by atoms with Crippen molar-refractivity contribution < 1.29 is 34.3 Å². The lowest BCUT2D eigenvalue weighted by atomic mass is 9.68. The summed E-state index contributed by atoms with van der Waals surface area (Å²) in [6.45, 7) is 8.18. The van der Waals surface area contributed by atoms with Crippen molar-refractivity contribution in [2.75, 3.05) is 52.9 Å². The highest BCUT2D eigenvalue weighted by Crippen LogP contribution is 2.49. The van der Waals surface area contributed by atoms with Gasteiger partial charge in [-0.2, -0.15) is 0 Å². The Morgan fingerprint density at radius 2 is 1.93 bits per heavy atom. The van der Waals surface area contributed by atoms with Crippen LogP contribution in [0.1, 0.15) is 83.3 Å². The van der Waals surface area contributed by atoms with Crippen molar-refractivity contribution in [1.29, 1.82) is 0 Å². The Labute approximate surface area is 339 Å². The molecule has 0 spiro atoms. The fraction of sp³-hybridized carbons (Fsp3) is 0.600. The second-order valence-corrected chi connectivity index (χ2v) is 16.7. The van der Waals surface area contributed by atoms with E-state index in [4.69, 9.17) is 14.2 Å². The molecule has 5 rings (SSSR count). The van der Waals surface area contributed by atoms with Gasteiger partial charge < -0.3 is 40.2 Å². The molecule has 0 saturated heterocycles.